The summed E-state index contributed by atoms with van der Waals surface area (Å²) in [5, 5.41) is 21.0. The second-order valence-corrected chi connectivity index (χ2v) is 5.81. The van der Waals surface area contributed by atoms with E-state index in [0.717, 1.165) is 28.3 Å². The van der Waals surface area contributed by atoms with Crippen molar-refractivity contribution in [3.05, 3.63) is 49.8 Å². The van der Waals surface area contributed by atoms with E-state index in [1.165, 1.54) is 0 Å². The first kappa shape index (κ1) is 13.5. The molecule has 1 aromatic carbocycles. The quantitative estimate of drug-likeness (QED) is 0.569. The van der Waals surface area contributed by atoms with Gasteiger partial charge in [-0.25, -0.2) is 0 Å². The molecule has 3 aromatic rings. The molecule has 0 bridgehead atoms. The Bertz CT molecular complexity index is 857. The minimum absolute atomic E-state index is 0.0193. The van der Waals surface area contributed by atoms with Crippen molar-refractivity contribution in [2.24, 2.45) is 0 Å². The number of halogens is 1. The molecule has 9 heteroatoms. The van der Waals surface area contributed by atoms with Crippen LogP contribution in [0.2, 0.25) is 4.34 Å². The van der Waals surface area contributed by atoms with Gasteiger partial charge in [0.1, 0.15) is 4.88 Å². The Morgan fingerprint density at radius 2 is 2.24 bits per heavy atom. The number of fused-ring (bicyclic) bond motifs is 1. The molecule has 0 saturated heterocycles. The van der Waals surface area contributed by atoms with Gasteiger partial charge in [-0.1, -0.05) is 11.6 Å². The van der Waals surface area contributed by atoms with E-state index < -0.39 is 10.8 Å². The highest BCUT2D eigenvalue weighted by atomic mass is 35.5. The molecule has 2 heterocycles. The average Bonchev–Trinajstić information content (AvgIpc) is 3.04. The van der Waals surface area contributed by atoms with Gasteiger partial charge in [-0.15, -0.1) is 11.3 Å². The molecule has 0 radical (unpaired) electrons. The van der Waals surface area contributed by atoms with E-state index in [2.05, 4.69) is 15.5 Å². The van der Waals surface area contributed by atoms with E-state index >= 15 is 0 Å². The van der Waals surface area contributed by atoms with Crippen LogP contribution >= 0.6 is 22.9 Å². The fraction of sp³-hybridized carbons (Fsp3) is 0. The standard InChI is InChI=1S/C12H7ClN4O3S/c13-11-9(17(19)20)4-10(21-11)12(18)15-7-2-1-6-5-14-16-8(6)3-7/h1-5H,(H,14,16)(H,15,18). The van der Waals surface area contributed by atoms with Crippen molar-refractivity contribution in [2.45, 2.75) is 0 Å². The number of H-pyrrole nitrogens is 1. The summed E-state index contributed by atoms with van der Waals surface area (Å²) < 4.78 is -0.0193. The zero-order valence-electron chi connectivity index (χ0n) is 10.3. The number of rotatable bonds is 3. The summed E-state index contributed by atoms with van der Waals surface area (Å²) in [5.74, 6) is -0.450. The van der Waals surface area contributed by atoms with E-state index in [-0.39, 0.29) is 14.9 Å². The number of carbonyl (C=O) groups is 1. The summed E-state index contributed by atoms with van der Waals surface area (Å²) in [7, 11) is 0. The number of thiophene rings is 1. The molecule has 1 amide bonds. The third-order valence-electron chi connectivity index (χ3n) is 2.79. The molecule has 2 aromatic heterocycles. The van der Waals surface area contributed by atoms with Crippen molar-refractivity contribution in [2.75, 3.05) is 5.32 Å². The van der Waals surface area contributed by atoms with Crippen molar-refractivity contribution in [3.63, 3.8) is 0 Å². The van der Waals surface area contributed by atoms with Crippen LogP contribution in [0.15, 0.2) is 30.5 Å². The predicted molar refractivity (Wildman–Crippen MR) is 80.0 cm³/mol. The number of hydrogen-bond donors (Lipinski definition) is 2. The van der Waals surface area contributed by atoms with Crippen LogP contribution in [-0.2, 0) is 0 Å². The number of anilines is 1. The van der Waals surface area contributed by atoms with Gasteiger partial charge in [-0.05, 0) is 18.2 Å². The average molecular weight is 323 g/mol. The molecule has 0 aliphatic carbocycles. The van der Waals surface area contributed by atoms with Crippen LogP contribution in [0.1, 0.15) is 9.67 Å². The van der Waals surface area contributed by atoms with Gasteiger partial charge < -0.3 is 5.32 Å². The summed E-state index contributed by atoms with van der Waals surface area (Å²) in [6.07, 6.45) is 1.67. The van der Waals surface area contributed by atoms with Crippen LogP contribution in [0.3, 0.4) is 0 Å². The second kappa shape index (κ2) is 5.15. The zero-order valence-corrected chi connectivity index (χ0v) is 11.9. The smallest absolute Gasteiger partial charge is 0.299 e. The van der Waals surface area contributed by atoms with Gasteiger partial charge in [0.25, 0.3) is 11.6 Å². The Morgan fingerprint density at radius 3 is 2.95 bits per heavy atom. The number of aromatic nitrogens is 2. The van der Waals surface area contributed by atoms with Crippen molar-refractivity contribution in [1.29, 1.82) is 0 Å². The zero-order chi connectivity index (χ0) is 15.0. The van der Waals surface area contributed by atoms with E-state index in [1.807, 2.05) is 0 Å². The molecular formula is C12H7ClN4O3S. The lowest BCUT2D eigenvalue weighted by atomic mass is 10.2. The minimum atomic E-state index is -0.619. The highest BCUT2D eigenvalue weighted by Crippen LogP contribution is 2.34. The van der Waals surface area contributed by atoms with E-state index in [4.69, 9.17) is 11.6 Å². The molecule has 7 nitrogen and oxygen atoms in total. The Hall–Kier alpha value is -2.45. The molecule has 2 N–H and O–H groups in total. The first-order chi connectivity index (χ1) is 10.0. The highest BCUT2D eigenvalue weighted by Gasteiger charge is 2.21. The number of benzene rings is 1. The molecule has 0 atom stereocenters. The third-order valence-corrected chi connectivity index (χ3v) is 4.13. The first-order valence-corrected chi connectivity index (χ1v) is 6.92. The lowest BCUT2D eigenvalue weighted by molar-refractivity contribution is -0.384. The Balaban J connectivity index is 1.85. The minimum Gasteiger partial charge on any atom is -0.321 e. The number of nitrogens with one attached hydrogen (secondary N) is 2. The van der Waals surface area contributed by atoms with Crippen molar-refractivity contribution >= 4 is 51.1 Å². The van der Waals surface area contributed by atoms with E-state index in [0.29, 0.717) is 5.69 Å². The number of nitrogens with zero attached hydrogens (tertiary/aromatic N) is 2. The maximum atomic E-state index is 12.1. The summed E-state index contributed by atoms with van der Waals surface area (Å²) in [4.78, 5) is 22.3. The monoisotopic (exact) mass is 322 g/mol. The topological polar surface area (TPSA) is 101 Å². The summed E-state index contributed by atoms with van der Waals surface area (Å²) in [6.45, 7) is 0. The molecule has 3 rings (SSSR count). The van der Waals surface area contributed by atoms with Gasteiger partial charge in [-0.2, -0.15) is 5.10 Å². The van der Waals surface area contributed by atoms with E-state index in [1.54, 1.807) is 24.4 Å². The van der Waals surface area contributed by atoms with Crippen molar-refractivity contribution in [3.8, 4) is 0 Å². The Kier molecular flexibility index (Phi) is 3.32. The van der Waals surface area contributed by atoms with Crippen molar-refractivity contribution in [1.82, 2.24) is 10.2 Å². The summed E-state index contributed by atoms with van der Waals surface area (Å²) in [6, 6.07) is 6.42. The van der Waals surface area contributed by atoms with Crippen LogP contribution in [0.25, 0.3) is 10.9 Å². The summed E-state index contributed by atoms with van der Waals surface area (Å²) in [5.41, 5.74) is 1.07. The first-order valence-electron chi connectivity index (χ1n) is 5.73. The fourth-order valence-corrected chi connectivity index (χ4v) is 2.92. The maximum absolute atomic E-state index is 12.1. The van der Waals surface area contributed by atoms with Crippen LogP contribution in [0.4, 0.5) is 11.4 Å². The lowest BCUT2D eigenvalue weighted by Gasteiger charge is -2.02. The fourth-order valence-electron chi connectivity index (χ4n) is 1.80. The number of amides is 1. The molecule has 0 aliphatic rings. The van der Waals surface area contributed by atoms with Crippen LogP contribution in [0.5, 0.6) is 0 Å². The molecule has 0 saturated carbocycles. The van der Waals surface area contributed by atoms with Crippen LogP contribution < -0.4 is 5.32 Å². The maximum Gasteiger partial charge on any atom is 0.299 e. The molecule has 0 fully saturated rings. The number of hydrogen-bond acceptors (Lipinski definition) is 5. The van der Waals surface area contributed by atoms with Gasteiger partial charge in [0.2, 0.25) is 0 Å². The Morgan fingerprint density at radius 1 is 1.43 bits per heavy atom. The molecule has 0 unspecified atom stereocenters. The van der Waals surface area contributed by atoms with Gasteiger partial charge in [0.15, 0.2) is 4.34 Å². The normalized spacial score (nSPS) is 10.7. The van der Waals surface area contributed by atoms with Crippen molar-refractivity contribution < 1.29 is 9.72 Å². The number of aromatic amines is 1. The van der Waals surface area contributed by atoms with E-state index in [9.17, 15) is 14.9 Å². The molecular weight excluding hydrogens is 316 g/mol. The van der Waals surface area contributed by atoms with Gasteiger partial charge in [0.05, 0.1) is 16.6 Å². The van der Waals surface area contributed by atoms with Gasteiger partial charge >= 0.3 is 0 Å². The Labute approximate surface area is 126 Å². The van der Waals surface area contributed by atoms with Gasteiger partial charge in [0, 0.05) is 17.1 Å². The van der Waals surface area contributed by atoms with Crippen LogP contribution in [-0.4, -0.2) is 21.0 Å². The molecule has 106 valence electrons. The SMILES string of the molecule is O=C(Nc1ccc2cn[nH]c2c1)c1cc([N+](=O)[O-])c(Cl)s1. The summed E-state index contributed by atoms with van der Waals surface area (Å²) >= 11 is 6.60. The molecule has 21 heavy (non-hydrogen) atoms. The van der Waals surface area contributed by atoms with Crippen LogP contribution in [0, 0.1) is 10.1 Å². The predicted octanol–water partition coefficient (Wildman–Crippen LogP) is 3.44. The third kappa shape index (κ3) is 2.58. The highest BCUT2D eigenvalue weighted by molar-refractivity contribution is 7.18. The number of nitro groups is 1. The molecule has 0 aliphatic heterocycles. The van der Waals surface area contributed by atoms with Gasteiger partial charge in [-0.3, -0.25) is 20.0 Å². The second-order valence-electron chi connectivity index (χ2n) is 4.15. The number of carbonyl (C=O) groups excluding carboxylic acids is 1. The lowest BCUT2D eigenvalue weighted by Crippen LogP contribution is -2.09. The molecule has 0 spiro atoms. The largest absolute Gasteiger partial charge is 0.321 e.